The average Bonchev–Trinajstić information content (AvgIpc) is 3.25. The lowest BCUT2D eigenvalue weighted by atomic mass is 10.0. The molecule has 184 valence electrons. The molecule has 2 N–H and O–H groups in total. The fourth-order valence-electron chi connectivity index (χ4n) is 4.62. The van der Waals surface area contributed by atoms with E-state index in [1.165, 1.54) is 12.1 Å². The second kappa shape index (κ2) is 11.4. The third-order valence-electron chi connectivity index (χ3n) is 6.16. The number of halogens is 2. The fourth-order valence-corrected chi connectivity index (χ4v) is 4.62. The van der Waals surface area contributed by atoms with Gasteiger partial charge in [-0.25, -0.2) is 4.39 Å². The average molecular weight is 503 g/mol. The van der Waals surface area contributed by atoms with Crippen molar-refractivity contribution in [2.75, 3.05) is 13.6 Å². The van der Waals surface area contributed by atoms with Crippen molar-refractivity contribution in [1.29, 1.82) is 0 Å². The van der Waals surface area contributed by atoms with Gasteiger partial charge in [-0.1, -0.05) is 66.7 Å². The normalized spacial score (nSPS) is 12.6. The Labute approximate surface area is 216 Å². The summed E-state index contributed by atoms with van der Waals surface area (Å²) in [5.41, 5.74) is 3.56. The molecular weight excluding hydrogens is 475 g/mol. The van der Waals surface area contributed by atoms with Crippen molar-refractivity contribution in [3.63, 3.8) is 0 Å². The summed E-state index contributed by atoms with van der Waals surface area (Å²) in [4.78, 5) is 0. The molecule has 2 atom stereocenters. The highest BCUT2D eigenvalue weighted by Gasteiger charge is 2.26. The van der Waals surface area contributed by atoms with Gasteiger partial charge in [0.25, 0.3) is 0 Å². The second-order valence-electron chi connectivity index (χ2n) is 8.50. The lowest BCUT2D eigenvalue weighted by molar-refractivity contribution is 0.132. The van der Waals surface area contributed by atoms with Crippen molar-refractivity contribution in [1.82, 2.24) is 9.88 Å². The molecule has 36 heavy (non-hydrogen) atoms. The number of benzene rings is 4. The first kappa shape index (κ1) is 25.5. The smallest absolute Gasteiger partial charge is 0.135 e. The zero-order chi connectivity index (χ0) is 24.2. The molecule has 0 fully saturated rings. The van der Waals surface area contributed by atoms with Gasteiger partial charge < -0.3 is 19.7 Å². The first-order valence-corrected chi connectivity index (χ1v) is 11.7. The van der Waals surface area contributed by atoms with E-state index < -0.39 is 12.1 Å². The molecule has 0 spiro atoms. The number of rotatable bonds is 8. The topological polar surface area (TPSA) is 46.4 Å². The number of hydrogen-bond donors (Lipinski definition) is 2. The van der Waals surface area contributed by atoms with Crippen LogP contribution in [0.3, 0.4) is 0 Å². The molecule has 0 unspecified atom stereocenters. The Hall–Kier alpha value is -3.64. The van der Waals surface area contributed by atoms with E-state index in [9.17, 15) is 9.50 Å². The summed E-state index contributed by atoms with van der Waals surface area (Å²) in [5, 5.41) is 15.2. The Kier molecular flexibility index (Phi) is 8.06. The van der Waals surface area contributed by atoms with E-state index >= 15 is 0 Å². The minimum absolute atomic E-state index is 0. The monoisotopic (exact) mass is 502 g/mol. The SMILES string of the molecule is CNC[C@@H](O)[C@H](c1cccc(F)c1)n1cc(-c2ccccc2Oc2ccccc2)c2ccccc21.Cl. The number of nitrogens with zero attached hydrogens (tertiary/aromatic N) is 1. The van der Waals surface area contributed by atoms with Crippen LogP contribution in [0.4, 0.5) is 4.39 Å². The molecule has 0 aliphatic rings. The highest BCUT2D eigenvalue weighted by Crippen LogP contribution is 2.40. The van der Waals surface area contributed by atoms with E-state index in [0.29, 0.717) is 12.1 Å². The fraction of sp³-hybridized carbons (Fsp3) is 0.133. The molecule has 1 aromatic heterocycles. The van der Waals surface area contributed by atoms with Gasteiger partial charge in [-0.3, -0.25) is 0 Å². The summed E-state index contributed by atoms with van der Waals surface area (Å²) < 4.78 is 22.5. The van der Waals surface area contributed by atoms with E-state index in [1.807, 2.05) is 89.6 Å². The lowest BCUT2D eigenvalue weighted by Crippen LogP contribution is -2.33. The van der Waals surface area contributed by atoms with Crippen LogP contribution in [0.15, 0.2) is 109 Å². The van der Waals surface area contributed by atoms with Crippen LogP contribution in [0.1, 0.15) is 11.6 Å². The van der Waals surface area contributed by atoms with Crippen molar-refractivity contribution in [3.05, 3.63) is 121 Å². The zero-order valence-electron chi connectivity index (χ0n) is 19.8. The molecule has 0 radical (unpaired) electrons. The summed E-state index contributed by atoms with van der Waals surface area (Å²) in [6.45, 7) is 0.358. The van der Waals surface area contributed by atoms with E-state index in [2.05, 4.69) is 11.4 Å². The Morgan fingerprint density at radius 2 is 1.58 bits per heavy atom. The van der Waals surface area contributed by atoms with Crippen LogP contribution in [0, 0.1) is 5.82 Å². The van der Waals surface area contributed by atoms with Crippen LogP contribution < -0.4 is 10.1 Å². The van der Waals surface area contributed by atoms with Gasteiger partial charge in [0.15, 0.2) is 0 Å². The highest BCUT2D eigenvalue weighted by atomic mass is 35.5. The Morgan fingerprint density at radius 3 is 2.36 bits per heavy atom. The quantitative estimate of drug-likeness (QED) is 0.244. The van der Waals surface area contributed by atoms with Crippen LogP contribution >= 0.6 is 12.4 Å². The molecule has 0 saturated heterocycles. The second-order valence-corrected chi connectivity index (χ2v) is 8.50. The maximum Gasteiger partial charge on any atom is 0.135 e. The van der Waals surface area contributed by atoms with E-state index in [4.69, 9.17) is 4.74 Å². The predicted octanol–water partition coefficient (Wildman–Crippen LogP) is 6.83. The van der Waals surface area contributed by atoms with Gasteiger partial charge in [0.1, 0.15) is 17.3 Å². The summed E-state index contributed by atoms with van der Waals surface area (Å²) in [5.74, 6) is 1.16. The number of hydrogen-bond acceptors (Lipinski definition) is 3. The minimum Gasteiger partial charge on any atom is -0.457 e. The number of ether oxygens (including phenoxy) is 1. The van der Waals surface area contributed by atoms with Gasteiger partial charge in [-0.2, -0.15) is 0 Å². The lowest BCUT2D eigenvalue weighted by Gasteiger charge is -2.26. The van der Waals surface area contributed by atoms with Crippen LogP contribution in [-0.2, 0) is 0 Å². The zero-order valence-corrected chi connectivity index (χ0v) is 20.7. The Balaban J connectivity index is 0.00000304. The number of aromatic nitrogens is 1. The standard InChI is InChI=1S/C30H27FN2O2.ClH/c1-32-19-28(34)30(21-10-9-11-22(31)18-21)33-20-26(24-14-5-7-16-27(24)33)25-15-6-8-17-29(25)35-23-12-3-2-4-13-23;/h2-18,20,28,30,32,34H,19H2,1H3;1H/t28-,30+;/m1./s1. The number of aliphatic hydroxyl groups excluding tert-OH is 1. The van der Waals surface area contributed by atoms with Gasteiger partial charge in [0, 0.05) is 34.8 Å². The van der Waals surface area contributed by atoms with E-state index in [-0.39, 0.29) is 18.2 Å². The Bertz CT molecular complexity index is 1440. The first-order valence-electron chi connectivity index (χ1n) is 11.7. The summed E-state index contributed by atoms with van der Waals surface area (Å²) >= 11 is 0. The van der Waals surface area contributed by atoms with Crippen LogP contribution in [0.2, 0.25) is 0 Å². The maximum absolute atomic E-state index is 14.2. The Morgan fingerprint density at radius 1 is 0.861 bits per heavy atom. The number of likely N-dealkylation sites (N-methyl/N-ethyl adjacent to an activating group) is 1. The first-order chi connectivity index (χ1) is 17.2. The summed E-state index contributed by atoms with van der Waals surface area (Å²) in [6.07, 6.45) is 1.26. The summed E-state index contributed by atoms with van der Waals surface area (Å²) in [6, 6.07) is 31.6. The van der Waals surface area contributed by atoms with Crippen molar-refractivity contribution in [3.8, 4) is 22.6 Å². The molecule has 0 amide bonds. The molecule has 0 bridgehead atoms. The molecule has 4 nitrogen and oxygen atoms in total. The third kappa shape index (κ3) is 5.14. The molecule has 0 aliphatic heterocycles. The molecule has 1 heterocycles. The number of aliphatic hydroxyl groups is 1. The van der Waals surface area contributed by atoms with Gasteiger partial charge in [0.05, 0.1) is 12.1 Å². The van der Waals surface area contributed by atoms with Gasteiger partial charge in [0.2, 0.25) is 0 Å². The molecule has 0 saturated carbocycles. The largest absolute Gasteiger partial charge is 0.457 e. The van der Waals surface area contributed by atoms with E-state index in [1.54, 1.807) is 13.1 Å². The third-order valence-corrected chi connectivity index (χ3v) is 6.16. The minimum atomic E-state index is -0.777. The van der Waals surface area contributed by atoms with Crippen molar-refractivity contribution in [2.24, 2.45) is 0 Å². The number of fused-ring (bicyclic) bond motifs is 1. The maximum atomic E-state index is 14.2. The van der Waals surface area contributed by atoms with Crippen LogP contribution in [-0.4, -0.2) is 29.4 Å². The van der Waals surface area contributed by atoms with Gasteiger partial charge >= 0.3 is 0 Å². The molecule has 5 rings (SSSR count). The molecule has 5 aromatic rings. The van der Waals surface area contributed by atoms with E-state index in [0.717, 1.165) is 33.5 Å². The van der Waals surface area contributed by atoms with Gasteiger partial charge in [-0.15, -0.1) is 12.4 Å². The predicted molar refractivity (Wildman–Crippen MR) is 146 cm³/mol. The van der Waals surface area contributed by atoms with Gasteiger partial charge in [-0.05, 0) is 49.0 Å². The summed E-state index contributed by atoms with van der Waals surface area (Å²) in [7, 11) is 1.79. The molecule has 6 heteroatoms. The molecular formula is C30H28ClFN2O2. The van der Waals surface area contributed by atoms with Crippen LogP contribution in [0.5, 0.6) is 11.5 Å². The highest BCUT2D eigenvalue weighted by molar-refractivity contribution is 5.97. The number of nitrogens with one attached hydrogen (secondary N) is 1. The van der Waals surface area contributed by atoms with Crippen molar-refractivity contribution in [2.45, 2.75) is 12.1 Å². The van der Waals surface area contributed by atoms with Crippen molar-refractivity contribution >= 4 is 23.3 Å². The molecule has 0 aliphatic carbocycles. The molecule has 4 aromatic carbocycles. The van der Waals surface area contributed by atoms with Crippen molar-refractivity contribution < 1.29 is 14.2 Å². The van der Waals surface area contributed by atoms with Crippen LogP contribution in [0.25, 0.3) is 22.0 Å². The number of para-hydroxylation sites is 3.